The van der Waals surface area contributed by atoms with E-state index < -0.39 is 0 Å². The molecule has 0 aromatic carbocycles. The molecule has 0 aromatic rings. The maximum atomic E-state index is 6.51. The minimum Gasteiger partial charge on any atom is -0.381 e. The van der Waals surface area contributed by atoms with E-state index in [4.69, 9.17) is 10.5 Å². The molecule has 0 aromatic heterocycles. The van der Waals surface area contributed by atoms with E-state index in [0.717, 1.165) is 52.2 Å². The van der Waals surface area contributed by atoms with Crippen molar-refractivity contribution in [1.82, 2.24) is 9.80 Å². The molecule has 1 saturated heterocycles. The number of rotatable bonds is 7. The lowest BCUT2D eigenvalue weighted by atomic mass is 9.90. The van der Waals surface area contributed by atoms with Gasteiger partial charge in [0.25, 0.3) is 0 Å². The van der Waals surface area contributed by atoms with Crippen LogP contribution in [0.5, 0.6) is 0 Å². The molecular weight excluding hydrogens is 226 g/mol. The van der Waals surface area contributed by atoms with Crippen molar-refractivity contribution in [3.63, 3.8) is 0 Å². The van der Waals surface area contributed by atoms with Crippen molar-refractivity contribution >= 4 is 0 Å². The fraction of sp³-hybridized carbons (Fsp3) is 1.00. The third-order valence-electron chi connectivity index (χ3n) is 3.51. The van der Waals surface area contributed by atoms with Crippen molar-refractivity contribution in [3.05, 3.63) is 0 Å². The van der Waals surface area contributed by atoms with Gasteiger partial charge in [0.2, 0.25) is 0 Å². The predicted octanol–water partition coefficient (Wildman–Crippen LogP) is 1.01. The van der Waals surface area contributed by atoms with E-state index >= 15 is 0 Å². The Hall–Kier alpha value is -0.160. The normalized spacial score (nSPS) is 20.0. The first kappa shape index (κ1) is 15.9. The van der Waals surface area contributed by atoms with Gasteiger partial charge in [-0.3, -0.25) is 4.90 Å². The van der Waals surface area contributed by atoms with Crippen molar-refractivity contribution in [3.8, 4) is 0 Å². The highest BCUT2D eigenvalue weighted by molar-refractivity contribution is 4.90. The monoisotopic (exact) mass is 257 g/mol. The van der Waals surface area contributed by atoms with Crippen LogP contribution in [0.4, 0.5) is 0 Å². The Morgan fingerprint density at radius 1 is 1.17 bits per heavy atom. The average molecular weight is 257 g/mol. The summed E-state index contributed by atoms with van der Waals surface area (Å²) in [6.45, 7) is 10.5. The van der Waals surface area contributed by atoms with Crippen LogP contribution in [-0.4, -0.2) is 68.8 Å². The summed E-state index contributed by atoms with van der Waals surface area (Å²) < 4.78 is 5.42. The van der Waals surface area contributed by atoms with Gasteiger partial charge in [-0.15, -0.1) is 0 Å². The van der Waals surface area contributed by atoms with Gasteiger partial charge in [-0.2, -0.15) is 0 Å². The molecule has 0 unspecified atom stereocenters. The molecule has 0 saturated carbocycles. The first-order chi connectivity index (χ1) is 8.41. The average Bonchev–Trinajstić information content (AvgIpc) is 2.25. The smallest absolute Gasteiger partial charge is 0.0484 e. The molecule has 1 aliphatic rings. The Balaban J connectivity index is 2.47. The SMILES string of the molecule is CC(C)CN(CCN(C)C)CC1(N)CCOCC1. The first-order valence-electron chi connectivity index (χ1n) is 7.15. The Morgan fingerprint density at radius 2 is 1.78 bits per heavy atom. The lowest BCUT2D eigenvalue weighted by Gasteiger charge is -2.39. The summed E-state index contributed by atoms with van der Waals surface area (Å²) in [5.74, 6) is 0.690. The Kier molecular flexibility index (Phi) is 6.57. The van der Waals surface area contributed by atoms with E-state index in [1.54, 1.807) is 0 Å². The van der Waals surface area contributed by atoms with Gasteiger partial charge in [-0.25, -0.2) is 0 Å². The molecule has 1 rings (SSSR count). The van der Waals surface area contributed by atoms with Gasteiger partial charge in [0.05, 0.1) is 0 Å². The number of likely N-dealkylation sites (N-methyl/N-ethyl adjacent to an activating group) is 1. The van der Waals surface area contributed by atoms with Gasteiger partial charge >= 0.3 is 0 Å². The Labute approximate surface area is 112 Å². The number of nitrogens with zero attached hydrogens (tertiary/aromatic N) is 2. The van der Waals surface area contributed by atoms with Gasteiger partial charge in [-0.1, -0.05) is 13.8 Å². The van der Waals surface area contributed by atoms with Crippen molar-refractivity contribution in [1.29, 1.82) is 0 Å². The minimum absolute atomic E-state index is 0.0422. The van der Waals surface area contributed by atoms with Crippen molar-refractivity contribution in [2.45, 2.75) is 32.2 Å². The van der Waals surface area contributed by atoms with Gasteiger partial charge < -0.3 is 15.4 Å². The molecule has 4 heteroatoms. The fourth-order valence-electron chi connectivity index (χ4n) is 2.47. The molecule has 1 heterocycles. The third kappa shape index (κ3) is 6.14. The van der Waals surface area contributed by atoms with Gasteiger partial charge in [0.15, 0.2) is 0 Å². The number of ether oxygens (including phenoxy) is 1. The summed E-state index contributed by atoms with van der Waals surface area (Å²) in [4.78, 5) is 4.76. The highest BCUT2D eigenvalue weighted by Gasteiger charge is 2.30. The second-order valence-electron chi connectivity index (χ2n) is 6.41. The van der Waals surface area contributed by atoms with Crippen LogP contribution in [0.15, 0.2) is 0 Å². The number of hydrogen-bond donors (Lipinski definition) is 1. The molecule has 0 aliphatic carbocycles. The summed E-state index contributed by atoms with van der Waals surface area (Å²) in [5.41, 5.74) is 6.46. The molecule has 108 valence electrons. The molecule has 0 amide bonds. The zero-order valence-corrected chi connectivity index (χ0v) is 12.6. The Bertz CT molecular complexity index is 225. The zero-order chi connectivity index (χ0) is 13.6. The number of nitrogens with two attached hydrogens (primary N) is 1. The van der Waals surface area contributed by atoms with Crippen LogP contribution in [-0.2, 0) is 4.74 Å². The van der Waals surface area contributed by atoms with E-state index in [9.17, 15) is 0 Å². The van der Waals surface area contributed by atoms with E-state index in [0.29, 0.717) is 5.92 Å². The quantitative estimate of drug-likeness (QED) is 0.739. The third-order valence-corrected chi connectivity index (χ3v) is 3.51. The summed E-state index contributed by atoms with van der Waals surface area (Å²) in [7, 11) is 4.25. The van der Waals surface area contributed by atoms with E-state index in [-0.39, 0.29) is 5.54 Å². The fourth-order valence-corrected chi connectivity index (χ4v) is 2.47. The zero-order valence-electron chi connectivity index (χ0n) is 12.6. The van der Waals surface area contributed by atoms with Crippen LogP contribution in [0.1, 0.15) is 26.7 Å². The van der Waals surface area contributed by atoms with Crippen LogP contribution in [0, 0.1) is 5.92 Å². The van der Waals surface area contributed by atoms with Crippen molar-refractivity contribution in [2.24, 2.45) is 11.7 Å². The largest absolute Gasteiger partial charge is 0.381 e. The summed E-state index contributed by atoms with van der Waals surface area (Å²) in [6, 6.07) is 0. The molecule has 18 heavy (non-hydrogen) atoms. The minimum atomic E-state index is -0.0422. The molecule has 1 fully saturated rings. The lowest BCUT2D eigenvalue weighted by molar-refractivity contribution is 0.0351. The second kappa shape index (κ2) is 7.43. The van der Waals surface area contributed by atoms with Crippen LogP contribution in [0.2, 0.25) is 0 Å². The summed E-state index contributed by atoms with van der Waals surface area (Å²) in [6.07, 6.45) is 1.98. The predicted molar refractivity (Wildman–Crippen MR) is 76.8 cm³/mol. The maximum Gasteiger partial charge on any atom is 0.0484 e. The van der Waals surface area contributed by atoms with Crippen molar-refractivity contribution in [2.75, 3.05) is 53.5 Å². The Morgan fingerprint density at radius 3 is 2.28 bits per heavy atom. The summed E-state index contributed by atoms with van der Waals surface area (Å²) >= 11 is 0. The van der Waals surface area contributed by atoms with E-state index in [1.165, 1.54) is 0 Å². The van der Waals surface area contributed by atoms with Gasteiger partial charge in [-0.05, 0) is 32.9 Å². The van der Waals surface area contributed by atoms with E-state index in [2.05, 4.69) is 37.7 Å². The van der Waals surface area contributed by atoms with Crippen LogP contribution in [0.25, 0.3) is 0 Å². The van der Waals surface area contributed by atoms with Crippen molar-refractivity contribution < 1.29 is 4.74 Å². The topological polar surface area (TPSA) is 41.7 Å². The van der Waals surface area contributed by atoms with Crippen LogP contribution in [0.3, 0.4) is 0 Å². The van der Waals surface area contributed by atoms with Crippen LogP contribution < -0.4 is 5.73 Å². The molecular formula is C14H31N3O. The first-order valence-corrected chi connectivity index (χ1v) is 7.15. The molecule has 0 spiro atoms. The van der Waals surface area contributed by atoms with Gasteiger partial charge in [0.1, 0.15) is 0 Å². The molecule has 0 radical (unpaired) electrons. The molecule has 1 aliphatic heterocycles. The van der Waals surface area contributed by atoms with Gasteiger partial charge in [0, 0.05) is 44.9 Å². The molecule has 0 atom stereocenters. The van der Waals surface area contributed by atoms with Crippen LogP contribution >= 0.6 is 0 Å². The highest BCUT2D eigenvalue weighted by atomic mass is 16.5. The number of hydrogen-bond acceptors (Lipinski definition) is 4. The summed E-state index contributed by atoms with van der Waals surface area (Å²) in [5, 5.41) is 0. The molecule has 0 bridgehead atoms. The lowest BCUT2D eigenvalue weighted by Crippen LogP contribution is -2.54. The molecule has 2 N–H and O–H groups in total. The highest BCUT2D eigenvalue weighted by Crippen LogP contribution is 2.19. The molecule has 4 nitrogen and oxygen atoms in total. The standard InChI is InChI=1S/C14H31N3O/c1-13(2)11-17(8-7-16(3)4)12-14(15)5-9-18-10-6-14/h13H,5-12,15H2,1-4H3. The van der Waals surface area contributed by atoms with E-state index in [1.807, 2.05) is 0 Å². The second-order valence-corrected chi connectivity index (χ2v) is 6.41. The maximum absolute atomic E-state index is 6.51.